The predicted molar refractivity (Wildman–Crippen MR) is 81.8 cm³/mol. The Bertz CT molecular complexity index is 373. The summed E-state index contributed by atoms with van der Waals surface area (Å²) in [6, 6.07) is 8.47. The van der Waals surface area contributed by atoms with Crippen molar-refractivity contribution in [3.8, 4) is 0 Å². The Balaban J connectivity index is 1.94. The monoisotopic (exact) mass is 280 g/mol. The van der Waals surface area contributed by atoms with Crippen molar-refractivity contribution in [2.75, 3.05) is 0 Å². The van der Waals surface area contributed by atoms with Crippen LogP contribution in [-0.2, 0) is 0 Å². The lowest BCUT2D eigenvalue weighted by molar-refractivity contribution is 0.163. The van der Waals surface area contributed by atoms with Gasteiger partial charge in [-0.15, -0.1) is 11.6 Å². The van der Waals surface area contributed by atoms with Crippen LogP contribution in [0.25, 0.3) is 0 Å². The smallest absolute Gasteiger partial charge is 0.0790 e. The van der Waals surface area contributed by atoms with Gasteiger partial charge in [0.1, 0.15) is 0 Å². The molecular formula is C17H25ClO. The van der Waals surface area contributed by atoms with E-state index in [1.165, 1.54) is 31.2 Å². The van der Waals surface area contributed by atoms with E-state index in [4.69, 9.17) is 11.6 Å². The highest BCUT2D eigenvalue weighted by atomic mass is 35.5. The largest absolute Gasteiger partial charge is 0.388 e. The molecule has 1 aliphatic carbocycles. The molecular weight excluding hydrogens is 256 g/mol. The summed E-state index contributed by atoms with van der Waals surface area (Å²) in [6.45, 7) is 2.19. The molecule has 106 valence electrons. The van der Waals surface area contributed by atoms with Gasteiger partial charge in [-0.2, -0.15) is 0 Å². The number of rotatable bonds is 6. The number of hydrogen-bond acceptors (Lipinski definition) is 1. The molecule has 0 radical (unpaired) electrons. The maximum Gasteiger partial charge on any atom is 0.0790 e. The minimum atomic E-state index is -0.309. The number of alkyl halides is 1. The van der Waals surface area contributed by atoms with Crippen molar-refractivity contribution >= 4 is 11.6 Å². The van der Waals surface area contributed by atoms with Crippen LogP contribution in [0.3, 0.4) is 0 Å². The van der Waals surface area contributed by atoms with E-state index in [2.05, 4.69) is 31.2 Å². The minimum absolute atomic E-state index is 0.292. The fourth-order valence-electron chi connectivity index (χ4n) is 3.01. The van der Waals surface area contributed by atoms with Crippen molar-refractivity contribution in [3.05, 3.63) is 35.4 Å². The Morgan fingerprint density at radius 1 is 1.21 bits per heavy atom. The van der Waals surface area contributed by atoms with Crippen LogP contribution in [0.4, 0.5) is 0 Å². The first-order valence-corrected chi connectivity index (χ1v) is 8.08. The molecule has 19 heavy (non-hydrogen) atoms. The van der Waals surface area contributed by atoms with E-state index in [0.717, 1.165) is 24.8 Å². The zero-order valence-electron chi connectivity index (χ0n) is 11.8. The van der Waals surface area contributed by atoms with Gasteiger partial charge in [-0.25, -0.2) is 0 Å². The molecule has 1 aromatic carbocycles. The van der Waals surface area contributed by atoms with E-state index < -0.39 is 0 Å². The molecule has 1 fully saturated rings. The summed E-state index contributed by atoms with van der Waals surface area (Å²) < 4.78 is 0. The second-order valence-electron chi connectivity index (χ2n) is 5.73. The summed E-state index contributed by atoms with van der Waals surface area (Å²) >= 11 is 6.35. The number of unbranched alkanes of at least 4 members (excludes halogenated alkanes) is 2. The molecule has 0 bridgehead atoms. The first-order valence-electron chi connectivity index (χ1n) is 7.64. The van der Waals surface area contributed by atoms with Crippen LogP contribution in [0, 0.1) is 0 Å². The molecule has 2 rings (SSSR count). The average Bonchev–Trinajstić information content (AvgIpc) is 2.85. The third kappa shape index (κ3) is 3.97. The Kier molecular flexibility index (Phi) is 5.72. The highest BCUT2D eigenvalue weighted by Gasteiger charge is 2.26. The lowest BCUT2D eigenvalue weighted by atomic mass is 9.94. The Morgan fingerprint density at radius 3 is 2.53 bits per heavy atom. The van der Waals surface area contributed by atoms with Crippen molar-refractivity contribution in [3.63, 3.8) is 0 Å². The molecule has 0 spiro atoms. The van der Waals surface area contributed by atoms with E-state index >= 15 is 0 Å². The molecule has 1 saturated carbocycles. The first-order chi connectivity index (χ1) is 9.22. The van der Waals surface area contributed by atoms with Crippen molar-refractivity contribution in [1.29, 1.82) is 0 Å². The lowest BCUT2D eigenvalue weighted by Gasteiger charge is -2.16. The van der Waals surface area contributed by atoms with Crippen LogP contribution in [0.2, 0.25) is 0 Å². The molecule has 3 atom stereocenters. The molecule has 0 heterocycles. The Morgan fingerprint density at radius 2 is 1.95 bits per heavy atom. The van der Waals surface area contributed by atoms with Crippen LogP contribution < -0.4 is 0 Å². The van der Waals surface area contributed by atoms with E-state index in [0.29, 0.717) is 11.3 Å². The number of hydrogen-bond donors (Lipinski definition) is 1. The molecule has 1 aliphatic rings. The number of aliphatic hydroxyl groups is 1. The Labute approximate surface area is 122 Å². The second-order valence-corrected chi connectivity index (χ2v) is 6.29. The highest BCUT2D eigenvalue weighted by molar-refractivity contribution is 6.21. The van der Waals surface area contributed by atoms with Gasteiger partial charge < -0.3 is 5.11 Å². The topological polar surface area (TPSA) is 20.2 Å². The summed E-state index contributed by atoms with van der Waals surface area (Å²) in [4.78, 5) is 0. The molecule has 0 saturated heterocycles. The van der Waals surface area contributed by atoms with Gasteiger partial charge in [-0.3, -0.25) is 0 Å². The van der Waals surface area contributed by atoms with Gasteiger partial charge in [0.15, 0.2) is 0 Å². The zero-order chi connectivity index (χ0) is 13.7. The number of benzene rings is 1. The molecule has 0 amide bonds. The summed E-state index contributed by atoms with van der Waals surface area (Å²) in [7, 11) is 0. The van der Waals surface area contributed by atoms with Crippen LogP contribution in [0.15, 0.2) is 24.3 Å². The maximum absolute atomic E-state index is 10.1. The van der Waals surface area contributed by atoms with E-state index in [1.807, 2.05) is 0 Å². The fourth-order valence-corrected chi connectivity index (χ4v) is 3.44. The third-order valence-corrected chi connectivity index (χ3v) is 4.78. The van der Waals surface area contributed by atoms with Crippen molar-refractivity contribution in [2.24, 2.45) is 0 Å². The van der Waals surface area contributed by atoms with Gasteiger partial charge in [0.2, 0.25) is 0 Å². The van der Waals surface area contributed by atoms with Crippen molar-refractivity contribution in [1.82, 2.24) is 0 Å². The summed E-state index contributed by atoms with van der Waals surface area (Å²) in [5, 5.41) is 10.4. The number of aliphatic hydroxyl groups excluding tert-OH is 1. The average molecular weight is 281 g/mol. The van der Waals surface area contributed by atoms with E-state index in [-0.39, 0.29) is 6.10 Å². The molecule has 1 aromatic rings. The van der Waals surface area contributed by atoms with Gasteiger partial charge >= 0.3 is 0 Å². The maximum atomic E-state index is 10.1. The van der Waals surface area contributed by atoms with Crippen LogP contribution in [0.5, 0.6) is 0 Å². The van der Waals surface area contributed by atoms with Crippen LogP contribution >= 0.6 is 11.6 Å². The molecule has 1 nitrogen and oxygen atoms in total. The van der Waals surface area contributed by atoms with Gasteiger partial charge in [0.05, 0.1) is 6.10 Å². The van der Waals surface area contributed by atoms with Gasteiger partial charge in [0, 0.05) is 11.3 Å². The predicted octanol–water partition coefficient (Wildman–Crippen LogP) is 5.18. The number of halogens is 1. The zero-order valence-corrected chi connectivity index (χ0v) is 12.6. The molecule has 0 aliphatic heterocycles. The molecule has 1 unspecified atom stereocenters. The van der Waals surface area contributed by atoms with Gasteiger partial charge in [-0.1, -0.05) is 56.9 Å². The van der Waals surface area contributed by atoms with Crippen molar-refractivity contribution < 1.29 is 5.11 Å². The molecule has 1 N–H and O–H groups in total. The minimum Gasteiger partial charge on any atom is -0.388 e. The molecule has 2 heteroatoms. The van der Waals surface area contributed by atoms with E-state index in [9.17, 15) is 5.11 Å². The third-order valence-electron chi connectivity index (χ3n) is 4.26. The summed E-state index contributed by atoms with van der Waals surface area (Å²) in [5.41, 5.74) is 2.38. The quantitative estimate of drug-likeness (QED) is 0.563. The normalized spacial score (nSPS) is 24.6. The standard InChI is InChI=1S/C17H25ClO/c1-2-3-4-8-17(19)14-11-9-13(10-12-14)15-6-5-7-16(15)18/h9-12,15-17,19H,2-8H2,1H3/t15-,16-,17?/m0/s1. The fraction of sp³-hybridized carbons (Fsp3) is 0.647. The Hall–Kier alpha value is -0.530. The lowest BCUT2D eigenvalue weighted by Crippen LogP contribution is -2.05. The van der Waals surface area contributed by atoms with E-state index in [1.54, 1.807) is 0 Å². The SMILES string of the molecule is CCCCCC(O)c1ccc([C@@H]2CCC[C@@H]2Cl)cc1. The van der Waals surface area contributed by atoms with Crippen LogP contribution in [-0.4, -0.2) is 10.5 Å². The summed E-state index contributed by atoms with van der Waals surface area (Å²) in [5.74, 6) is 0.507. The highest BCUT2D eigenvalue weighted by Crippen LogP contribution is 2.38. The first kappa shape index (κ1) is 14.9. The van der Waals surface area contributed by atoms with Gasteiger partial charge in [-0.05, 0) is 30.4 Å². The second kappa shape index (κ2) is 7.31. The van der Waals surface area contributed by atoms with Crippen LogP contribution in [0.1, 0.15) is 75.0 Å². The molecule has 0 aromatic heterocycles. The van der Waals surface area contributed by atoms with Crippen molar-refractivity contribution in [2.45, 2.75) is 69.3 Å². The van der Waals surface area contributed by atoms with Gasteiger partial charge in [0.25, 0.3) is 0 Å². The summed E-state index contributed by atoms with van der Waals surface area (Å²) in [6.07, 6.45) is 7.63.